The molecule has 0 saturated carbocycles. The van der Waals surface area contributed by atoms with Crippen LogP contribution in [0.3, 0.4) is 0 Å². The Hall–Kier alpha value is -2.80. The van der Waals surface area contributed by atoms with Crippen LogP contribution >= 0.6 is 8.25 Å². The van der Waals surface area contributed by atoms with E-state index < -0.39 is 26.1 Å². The molecule has 1 aliphatic rings. The van der Waals surface area contributed by atoms with Gasteiger partial charge in [0.1, 0.15) is 29.3 Å². The summed E-state index contributed by atoms with van der Waals surface area (Å²) in [6, 6.07) is 25.4. The average Bonchev–Trinajstić information content (AvgIpc) is 3.23. The molecule has 3 aromatic rings. The molecule has 1 saturated heterocycles. The van der Waals surface area contributed by atoms with Gasteiger partial charge in [0.05, 0.1) is 26.9 Å². The topological polar surface area (TPSA) is 83.5 Å². The second-order valence-corrected chi connectivity index (χ2v) is 9.10. The average molecular weight is 498 g/mol. The molecule has 1 heterocycles. The third kappa shape index (κ3) is 5.56. The number of hydrogen-bond donors (Lipinski definition) is 1. The van der Waals surface area contributed by atoms with Crippen molar-refractivity contribution in [2.24, 2.45) is 0 Å². The van der Waals surface area contributed by atoms with E-state index >= 15 is 0 Å². The fourth-order valence-corrected chi connectivity index (χ4v) is 5.03. The van der Waals surface area contributed by atoms with Gasteiger partial charge in [-0.15, -0.1) is 9.42 Å². The molecule has 0 aromatic heterocycles. The minimum atomic E-state index is -2.75. The Labute approximate surface area is 206 Å². The number of ether oxygens (including phenoxy) is 4. The Balaban J connectivity index is 1.81. The molecule has 184 valence electrons. The Morgan fingerprint density at radius 1 is 0.886 bits per heavy atom. The summed E-state index contributed by atoms with van der Waals surface area (Å²) in [7, 11) is 0.506. The van der Waals surface area contributed by atoms with Crippen LogP contribution in [0.1, 0.15) is 30.0 Å². The maximum Gasteiger partial charge on any atom is 0.695 e. The summed E-state index contributed by atoms with van der Waals surface area (Å²) in [5.74, 6) is 1.47. The van der Waals surface area contributed by atoms with Crippen molar-refractivity contribution in [1.29, 1.82) is 0 Å². The molecule has 4 atom stereocenters. The van der Waals surface area contributed by atoms with Crippen molar-refractivity contribution in [2.45, 2.75) is 37.3 Å². The van der Waals surface area contributed by atoms with E-state index in [1.165, 1.54) is 0 Å². The summed E-state index contributed by atoms with van der Waals surface area (Å²) >= 11 is 0. The summed E-state index contributed by atoms with van der Waals surface area (Å²) < 4.78 is 40.3. The number of rotatable bonds is 10. The molecule has 1 N–H and O–H groups in total. The lowest BCUT2D eigenvalue weighted by atomic mass is 9.80. The van der Waals surface area contributed by atoms with Gasteiger partial charge < -0.3 is 18.9 Å². The van der Waals surface area contributed by atoms with Crippen LogP contribution in [0.5, 0.6) is 11.5 Å². The highest BCUT2D eigenvalue weighted by molar-refractivity contribution is 7.32. The van der Waals surface area contributed by atoms with Crippen LogP contribution < -0.4 is 9.47 Å². The minimum absolute atomic E-state index is 0.114. The molecule has 35 heavy (non-hydrogen) atoms. The summed E-state index contributed by atoms with van der Waals surface area (Å²) in [4.78, 5) is 9.34. The second kappa shape index (κ2) is 11.3. The van der Waals surface area contributed by atoms with Gasteiger partial charge in [-0.25, -0.2) is 0 Å². The van der Waals surface area contributed by atoms with Crippen molar-refractivity contribution in [1.82, 2.24) is 0 Å². The molecule has 1 unspecified atom stereocenters. The van der Waals surface area contributed by atoms with Crippen LogP contribution in [0.2, 0.25) is 0 Å². The normalized spacial score (nSPS) is 20.5. The predicted molar refractivity (Wildman–Crippen MR) is 132 cm³/mol. The molecule has 7 nitrogen and oxygen atoms in total. The van der Waals surface area contributed by atoms with Crippen molar-refractivity contribution in [3.8, 4) is 11.5 Å². The maximum absolute atomic E-state index is 11.4. The highest BCUT2D eigenvalue weighted by Gasteiger charge is 2.44. The first-order valence-electron chi connectivity index (χ1n) is 11.4. The highest BCUT2D eigenvalue weighted by Crippen LogP contribution is 2.42. The van der Waals surface area contributed by atoms with Crippen LogP contribution in [-0.4, -0.2) is 44.0 Å². The molecule has 0 spiro atoms. The Kier molecular flexibility index (Phi) is 8.16. The second-order valence-electron chi connectivity index (χ2n) is 8.42. The lowest BCUT2D eigenvalue weighted by molar-refractivity contribution is -0.0765. The summed E-state index contributed by atoms with van der Waals surface area (Å²) in [6.07, 6.45) is -0.648. The van der Waals surface area contributed by atoms with E-state index in [2.05, 4.69) is 0 Å². The van der Waals surface area contributed by atoms with E-state index in [1.807, 2.05) is 85.8 Å². The zero-order chi connectivity index (χ0) is 24.8. The van der Waals surface area contributed by atoms with Gasteiger partial charge in [0.25, 0.3) is 0 Å². The maximum atomic E-state index is 11.4. The van der Waals surface area contributed by atoms with Crippen LogP contribution in [0, 0.1) is 0 Å². The Bertz CT molecular complexity index is 1060. The first-order valence-corrected chi connectivity index (χ1v) is 12.6. The van der Waals surface area contributed by atoms with Crippen molar-refractivity contribution in [2.75, 3.05) is 20.8 Å². The Morgan fingerprint density at radius 2 is 1.40 bits per heavy atom. The minimum Gasteiger partial charge on any atom is -0.497 e. The van der Waals surface area contributed by atoms with E-state index in [1.54, 1.807) is 14.2 Å². The first kappa shape index (κ1) is 25.3. The third-order valence-electron chi connectivity index (χ3n) is 6.25. The molecule has 0 amide bonds. The predicted octanol–water partition coefficient (Wildman–Crippen LogP) is 5.22. The van der Waals surface area contributed by atoms with Crippen LogP contribution in [0.25, 0.3) is 0 Å². The molecule has 8 heteroatoms. The monoisotopic (exact) mass is 497 g/mol. The number of benzene rings is 3. The summed E-state index contributed by atoms with van der Waals surface area (Å²) in [5.41, 5.74) is 1.71. The van der Waals surface area contributed by atoms with Gasteiger partial charge >= 0.3 is 8.25 Å². The molecule has 0 bridgehead atoms. The molecular formula is C27H30O7P+. The zero-order valence-corrected chi connectivity index (χ0v) is 20.9. The third-order valence-corrected chi connectivity index (χ3v) is 6.70. The zero-order valence-electron chi connectivity index (χ0n) is 20.0. The molecule has 0 aliphatic carbocycles. The summed E-state index contributed by atoms with van der Waals surface area (Å²) in [5, 5.41) is 0. The molecule has 3 aromatic carbocycles. The van der Waals surface area contributed by atoms with Crippen LogP contribution in [-0.2, 0) is 24.2 Å². The van der Waals surface area contributed by atoms with Crippen molar-refractivity contribution in [3.05, 3.63) is 95.6 Å². The van der Waals surface area contributed by atoms with E-state index in [-0.39, 0.29) is 12.7 Å². The lowest BCUT2D eigenvalue weighted by Gasteiger charge is -2.37. The van der Waals surface area contributed by atoms with Crippen LogP contribution in [0.4, 0.5) is 0 Å². The lowest BCUT2D eigenvalue weighted by Crippen LogP contribution is -2.38. The first-order chi connectivity index (χ1) is 17.0. The van der Waals surface area contributed by atoms with Gasteiger partial charge in [0, 0.05) is 11.0 Å². The van der Waals surface area contributed by atoms with E-state index in [9.17, 15) is 9.46 Å². The van der Waals surface area contributed by atoms with Crippen LogP contribution in [0.15, 0.2) is 78.9 Å². The molecular weight excluding hydrogens is 467 g/mol. The van der Waals surface area contributed by atoms with Gasteiger partial charge in [-0.1, -0.05) is 54.6 Å². The number of hydrogen-bond acceptors (Lipinski definition) is 6. The van der Waals surface area contributed by atoms with Crippen molar-refractivity contribution in [3.63, 3.8) is 0 Å². The van der Waals surface area contributed by atoms with Crippen molar-refractivity contribution < 1.29 is 32.9 Å². The standard InChI is InChI=1S/C27H29O7P/c1-19-17-25(34-35(28)29)26(33-19)18-32-27(20-7-5-4-6-8-20,21-9-13-23(30-2)14-10-21)22-11-15-24(31-3)16-12-22/h4-16,19,25-26H,17-18H2,1-3H3/p+1/t19-,25+,26+/m0/s1. The number of methoxy groups -OCH3 is 2. The SMILES string of the molecule is COc1ccc(C(OC[C@H]2O[C@@H](C)C[C@H]2O[P+](=O)O)(c2ccccc2)c2ccc(OC)cc2)cc1. The molecule has 0 radical (unpaired) electrons. The van der Waals surface area contributed by atoms with Gasteiger partial charge in [-0.05, 0) is 47.9 Å². The van der Waals surface area contributed by atoms with Gasteiger partial charge in [0.15, 0.2) is 0 Å². The highest BCUT2D eigenvalue weighted by atomic mass is 31.1. The van der Waals surface area contributed by atoms with Crippen molar-refractivity contribution >= 4 is 8.25 Å². The molecule has 1 fully saturated rings. The largest absolute Gasteiger partial charge is 0.695 e. The molecule has 4 rings (SSSR count). The Morgan fingerprint density at radius 3 is 1.89 bits per heavy atom. The summed E-state index contributed by atoms with van der Waals surface area (Å²) in [6.45, 7) is 2.06. The molecule has 1 aliphatic heterocycles. The van der Waals surface area contributed by atoms with Gasteiger partial charge in [-0.2, -0.15) is 0 Å². The van der Waals surface area contributed by atoms with E-state index in [0.29, 0.717) is 6.42 Å². The fraction of sp³-hybridized carbons (Fsp3) is 0.333. The van der Waals surface area contributed by atoms with E-state index in [4.69, 9.17) is 23.5 Å². The van der Waals surface area contributed by atoms with Gasteiger partial charge in [-0.3, -0.25) is 0 Å². The van der Waals surface area contributed by atoms with E-state index in [0.717, 1.165) is 28.2 Å². The fourth-order valence-electron chi connectivity index (χ4n) is 4.58. The van der Waals surface area contributed by atoms with Gasteiger partial charge in [0.2, 0.25) is 0 Å². The quantitative estimate of drug-likeness (QED) is 0.304. The smallest absolute Gasteiger partial charge is 0.497 e.